The summed E-state index contributed by atoms with van der Waals surface area (Å²) < 4.78 is 0. The van der Waals surface area contributed by atoms with Crippen LogP contribution in [0.25, 0.3) is 10.9 Å². The van der Waals surface area contributed by atoms with Gasteiger partial charge in [-0.3, -0.25) is 4.98 Å². The summed E-state index contributed by atoms with van der Waals surface area (Å²) in [6, 6.07) is 1.81. The van der Waals surface area contributed by atoms with Crippen LogP contribution in [0.3, 0.4) is 0 Å². The van der Waals surface area contributed by atoms with Crippen molar-refractivity contribution >= 4 is 16.7 Å². The first kappa shape index (κ1) is 15.3. The van der Waals surface area contributed by atoms with Crippen LogP contribution in [0.1, 0.15) is 51.2 Å². The third-order valence-corrected chi connectivity index (χ3v) is 3.71. The maximum atomic E-state index is 6.09. The van der Waals surface area contributed by atoms with Crippen LogP contribution < -0.4 is 5.73 Å². The van der Waals surface area contributed by atoms with Gasteiger partial charge in [-0.1, -0.05) is 26.0 Å². The van der Waals surface area contributed by atoms with Gasteiger partial charge < -0.3 is 5.73 Å². The fraction of sp³-hybridized carbons (Fsp3) is 0.467. The predicted octanol–water partition coefficient (Wildman–Crippen LogP) is 2.08. The summed E-state index contributed by atoms with van der Waals surface area (Å²) in [7, 11) is 0. The number of tetrazole rings is 1. The Bertz CT molecular complexity index is 791. The summed E-state index contributed by atoms with van der Waals surface area (Å²) in [5, 5.41) is 15.2. The Morgan fingerprint density at radius 2 is 2.04 bits per heavy atom. The molecule has 120 valence electrons. The number of aromatic nitrogens is 7. The number of nitrogens with zero attached hydrogens (tertiary/aromatic N) is 6. The molecule has 0 saturated heterocycles. The highest BCUT2D eigenvalue weighted by molar-refractivity contribution is 5.87. The number of anilines is 1. The van der Waals surface area contributed by atoms with E-state index in [1.165, 1.54) is 0 Å². The van der Waals surface area contributed by atoms with Gasteiger partial charge in [0.15, 0.2) is 5.82 Å². The monoisotopic (exact) mass is 312 g/mol. The summed E-state index contributed by atoms with van der Waals surface area (Å²) in [6.07, 6.45) is 5.15. The SMILES string of the molecule is CC(C)(C)CCC(c1nn[nH]n1)c1nc(N)c2ccncc2n1. The molecule has 0 saturated carbocycles. The van der Waals surface area contributed by atoms with Crippen molar-refractivity contribution in [2.45, 2.75) is 39.5 Å². The van der Waals surface area contributed by atoms with Crippen LogP contribution in [0.4, 0.5) is 5.82 Å². The Kier molecular flexibility index (Phi) is 3.89. The van der Waals surface area contributed by atoms with Crippen LogP contribution in [0.2, 0.25) is 0 Å². The van der Waals surface area contributed by atoms with Crippen LogP contribution in [-0.2, 0) is 0 Å². The Hall–Kier alpha value is -2.64. The zero-order valence-corrected chi connectivity index (χ0v) is 13.5. The number of H-pyrrole nitrogens is 1. The summed E-state index contributed by atoms with van der Waals surface area (Å²) in [4.78, 5) is 13.2. The molecule has 3 aromatic heterocycles. The second-order valence-electron chi connectivity index (χ2n) is 6.78. The molecule has 3 N–H and O–H groups in total. The standard InChI is InChI=1S/C15H20N8/c1-15(2,3)6-4-10(14-20-22-23-21-14)13-18-11-8-17-7-5-9(11)12(16)19-13/h5,7-8,10H,4,6H2,1-3H3,(H2,16,18,19)(H,20,21,22,23). The predicted molar refractivity (Wildman–Crippen MR) is 86.5 cm³/mol. The molecule has 0 aliphatic rings. The van der Waals surface area contributed by atoms with Gasteiger partial charge in [0.2, 0.25) is 0 Å². The van der Waals surface area contributed by atoms with Crippen LogP contribution in [0.5, 0.6) is 0 Å². The molecule has 0 aliphatic heterocycles. The van der Waals surface area contributed by atoms with Gasteiger partial charge in [-0.2, -0.15) is 5.21 Å². The zero-order chi connectivity index (χ0) is 16.4. The van der Waals surface area contributed by atoms with Gasteiger partial charge in [0.05, 0.1) is 17.6 Å². The first-order chi connectivity index (χ1) is 10.9. The number of nitrogen functional groups attached to an aromatic ring is 1. The molecule has 8 nitrogen and oxygen atoms in total. The van der Waals surface area contributed by atoms with Crippen molar-refractivity contribution in [3.8, 4) is 0 Å². The molecule has 3 heterocycles. The number of pyridine rings is 1. The van der Waals surface area contributed by atoms with Crippen LogP contribution in [-0.4, -0.2) is 35.6 Å². The second kappa shape index (κ2) is 5.86. The van der Waals surface area contributed by atoms with Crippen molar-refractivity contribution in [3.63, 3.8) is 0 Å². The van der Waals surface area contributed by atoms with E-state index in [0.29, 0.717) is 17.5 Å². The smallest absolute Gasteiger partial charge is 0.185 e. The van der Waals surface area contributed by atoms with Gasteiger partial charge in [-0.15, -0.1) is 10.2 Å². The quantitative estimate of drug-likeness (QED) is 0.756. The van der Waals surface area contributed by atoms with Gasteiger partial charge in [0, 0.05) is 11.6 Å². The van der Waals surface area contributed by atoms with Crippen LogP contribution in [0.15, 0.2) is 18.5 Å². The maximum absolute atomic E-state index is 6.09. The molecular weight excluding hydrogens is 292 g/mol. The molecule has 0 radical (unpaired) electrons. The van der Waals surface area contributed by atoms with Crippen LogP contribution >= 0.6 is 0 Å². The molecule has 3 rings (SSSR count). The Labute approximate surface area is 133 Å². The molecule has 0 aliphatic carbocycles. The zero-order valence-electron chi connectivity index (χ0n) is 13.5. The second-order valence-corrected chi connectivity index (χ2v) is 6.78. The van der Waals surface area contributed by atoms with E-state index in [1.807, 2.05) is 6.07 Å². The number of fused-ring (bicyclic) bond motifs is 1. The molecule has 0 amide bonds. The molecule has 0 aromatic carbocycles. The minimum Gasteiger partial charge on any atom is -0.383 e. The number of nitrogens with two attached hydrogens (primary N) is 1. The van der Waals surface area contributed by atoms with E-state index < -0.39 is 0 Å². The Balaban J connectivity index is 2.02. The fourth-order valence-electron chi connectivity index (χ4n) is 2.45. The number of rotatable bonds is 4. The van der Waals surface area contributed by atoms with Gasteiger partial charge in [0.25, 0.3) is 0 Å². The van der Waals surface area contributed by atoms with E-state index >= 15 is 0 Å². The molecular formula is C15H20N8. The molecule has 3 aromatic rings. The molecule has 0 bridgehead atoms. The lowest BCUT2D eigenvalue weighted by molar-refractivity contribution is 0.352. The first-order valence-corrected chi connectivity index (χ1v) is 7.54. The number of nitrogens with one attached hydrogen (secondary N) is 1. The largest absolute Gasteiger partial charge is 0.383 e. The minimum absolute atomic E-state index is 0.153. The van der Waals surface area contributed by atoms with Gasteiger partial charge in [-0.25, -0.2) is 9.97 Å². The summed E-state index contributed by atoms with van der Waals surface area (Å²) >= 11 is 0. The topological polar surface area (TPSA) is 119 Å². The van der Waals surface area contributed by atoms with Crippen molar-refractivity contribution in [2.24, 2.45) is 5.41 Å². The highest BCUT2D eigenvalue weighted by atomic mass is 15.5. The molecule has 0 spiro atoms. The lowest BCUT2D eigenvalue weighted by Gasteiger charge is -2.21. The van der Waals surface area contributed by atoms with E-state index in [4.69, 9.17) is 5.73 Å². The molecule has 0 fully saturated rings. The van der Waals surface area contributed by atoms with E-state index in [1.54, 1.807) is 12.4 Å². The van der Waals surface area contributed by atoms with Crippen molar-refractivity contribution in [3.05, 3.63) is 30.1 Å². The van der Waals surface area contributed by atoms with Gasteiger partial charge >= 0.3 is 0 Å². The van der Waals surface area contributed by atoms with Crippen molar-refractivity contribution < 1.29 is 0 Å². The molecule has 8 heteroatoms. The maximum Gasteiger partial charge on any atom is 0.185 e. The number of hydrogen-bond acceptors (Lipinski definition) is 7. The molecule has 1 unspecified atom stereocenters. The van der Waals surface area contributed by atoms with E-state index in [-0.39, 0.29) is 11.3 Å². The average molecular weight is 312 g/mol. The normalized spacial score (nSPS) is 13.3. The van der Waals surface area contributed by atoms with Crippen molar-refractivity contribution in [1.29, 1.82) is 0 Å². The van der Waals surface area contributed by atoms with Crippen molar-refractivity contribution in [1.82, 2.24) is 35.6 Å². The number of aromatic amines is 1. The third kappa shape index (κ3) is 3.41. The Morgan fingerprint density at radius 3 is 2.74 bits per heavy atom. The van der Waals surface area contributed by atoms with Crippen molar-refractivity contribution in [2.75, 3.05) is 5.73 Å². The highest BCUT2D eigenvalue weighted by Gasteiger charge is 2.25. The van der Waals surface area contributed by atoms with Gasteiger partial charge in [-0.05, 0) is 24.3 Å². The van der Waals surface area contributed by atoms with Crippen LogP contribution in [0, 0.1) is 5.41 Å². The lowest BCUT2D eigenvalue weighted by atomic mass is 9.86. The average Bonchev–Trinajstić information content (AvgIpc) is 3.00. The molecule has 23 heavy (non-hydrogen) atoms. The first-order valence-electron chi connectivity index (χ1n) is 7.54. The fourth-order valence-corrected chi connectivity index (χ4v) is 2.45. The third-order valence-electron chi connectivity index (χ3n) is 3.71. The van der Waals surface area contributed by atoms with E-state index in [0.717, 1.165) is 23.7 Å². The van der Waals surface area contributed by atoms with E-state index in [2.05, 4.69) is 56.3 Å². The Morgan fingerprint density at radius 1 is 1.22 bits per heavy atom. The molecule has 1 atom stereocenters. The lowest BCUT2D eigenvalue weighted by Crippen LogP contribution is -2.14. The van der Waals surface area contributed by atoms with E-state index in [9.17, 15) is 0 Å². The summed E-state index contributed by atoms with van der Waals surface area (Å²) in [5.41, 5.74) is 6.99. The van der Waals surface area contributed by atoms with Gasteiger partial charge in [0.1, 0.15) is 11.6 Å². The summed E-state index contributed by atoms with van der Waals surface area (Å²) in [6.45, 7) is 6.58. The summed E-state index contributed by atoms with van der Waals surface area (Å²) in [5.74, 6) is 1.47. The number of hydrogen-bond donors (Lipinski definition) is 2. The minimum atomic E-state index is -0.153. The highest BCUT2D eigenvalue weighted by Crippen LogP contribution is 2.31.